The van der Waals surface area contributed by atoms with E-state index in [4.69, 9.17) is 23.2 Å². The van der Waals surface area contributed by atoms with Crippen LogP contribution in [0.15, 0.2) is 47.4 Å². The van der Waals surface area contributed by atoms with Gasteiger partial charge in [0.25, 0.3) is 5.91 Å². The number of anilines is 1. The number of hydrogen-bond donors (Lipinski definition) is 1. The van der Waals surface area contributed by atoms with Gasteiger partial charge in [0.2, 0.25) is 0 Å². The van der Waals surface area contributed by atoms with Gasteiger partial charge in [-0.3, -0.25) is 4.79 Å². The lowest BCUT2D eigenvalue weighted by Crippen LogP contribution is -2.14. The highest BCUT2D eigenvalue weighted by Crippen LogP contribution is 2.25. The number of para-hydroxylation sites is 1. The van der Waals surface area contributed by atoms with Gasteiger partial charge in [0, 0.05) is 5.02 Å². The van der Waals surface area contributed by atoms with Gasteiger partial charge in [-0.2, -0.15) is 8.42 Å². The number of hydrogen-bond acceptors (Lipinski definition) is 3. The minimum absolute atomic E-state index is 0.0899. The Morgan fingerprint density at radius 1 is 1.10 bits per heavy atom. The third-order valence-electron chi connectivity index (χ3n) is 2.57. The van der Waals surface area contributed by atoms with E-state index in [1.165, 1.54) is 36.4 Å². The van der Waals surface area contributed by atoms with E-state index in [9.17, 15) is 17.1 Å². The van der Waals surface area contributed by atoms with Gasteiger partial charge in [-0.05, 0) is 30.3 Å². The van der Waals surface area contributed by atoms with Crippen molar-refractivity contribution >= 4 is 45.0 Å². The summed E-state index contributed by atoms with van der Waals surface area (Å²) in [4.78, 5) is 11.4. The van der Waals surface area contributed by atoms with E-state index in [0.29, 0.717) is 5.02 Å². The second-order valence-corrected chi connectivity index (χ2v) is 6.17. The summed E-state index contributed by atoms with van der Waals surface area (Å²) in [7, 11) is -4.95. The Labute approximate surface area is 130 Å². The molecule has 2 rings (SSSR count). The fourth-order valence-corrected chi connectivity index (χ4v) is 2.76. The lowest BCUT2D eigenvalue weighted by molar-refractivity contribution is 0.102. The molecule has 2 aromatic rings. The normalized spacial score (nSPS) is 11.2. The first kappa shape index (κ1) is 15.8. The quantitative estimate of drug-likeness (QED) is 0.856. The number of benzene rings is 2. The van der Waals surface area contributed by atoms with Crippen LogP contribution in [0.1, 0.15) is 10.4 Å². The molecule has 110 valence electrons. The molecule has 0 spiro atoms. The molecule has 2 aromatic carbocycles. The number of carbonyl (C=O) groups is 1. The number of amides is 1. The van der Waals surface area contributed by atoms with Crippen LogP contribution in [-0.2, 0) is 10.2 Å². The average Bonchev–Trinajstić information content (AvgIpc) is 2.37. The Morgan fingerprint density at radius 3 is 2.38 bits per heavy atom. The van der Waals surface area contributed by atoms with Crippen LogP contribution in [0.3, 0.4) is 0 Å². The molecule has 0 saturated carbocycles. The Morgan fingerprint density at radius 2 is 1.76 bits per heavy atom. The summed E-state index contributed by atoms with van der Waals surface area (Å²) < 4.78 is 35.2. The minimum Gasteiger partial charge on any atom is -0.321 e. The summed E-state index contributed by atoms with van der Waals surface area (Å²) in [5, 5.41) is 2.76. The molecule has 8 heteroatoms. The molecule has 1 amide bonds. The summed E-state index contributed by atoms with van der Waals surface area (Å²) in [5.74, 6) is -0.673. The van der Waals surface area contributed by atoms with Gasteiger partial charge in [0.1, 0.15) is 4.90 Å². The molecule has 0 atom stereocenters. The number of halogens is 3. The maximum absolute atomic E-state index is 13.1. The summed E-state index contributed by atoms with van der Waals surface area (Å²) in [6.45, 7) is 0. The van der Waals surface area contributed by atoms with Gasteiger partial charge in [0.05, 0.1) is 16.3 Å². The van der Waals surface area contributed by atoms with E-state index >= 15 is 0 Å². The van der Waals surface area contributed by atoms with Crippen LogP contribution >= 0.6 is 23.2 Å². The van der Waals surface area contributed by atoms with E-state index in [-0.39, 0.29) is 16.3 Å². The van der Waals surface area contributed by atoms with Crippen LogP contribution in [0.4, 0.5) is 9.57 Å². The third-order valence-corrected chi connectivity index (χ3v) is 4.00. The zero-order valence-corrected chi connectivity index (χ0v) is 12.6. The van der Waals surface area contributed by atoms with E-state index in [1.54, 1.807) is 0 Å². The zero-order chi connectivity index (χ0) is 15.6. The van der Waals surface area contributed by atoms with E-state index in [1.807, 2.05) is 0 Å². The molecule has 0 aromatic heterocycles. The van der Waals surface area contributed by atoms with Gasteiger partial charge in [-0.1, -0.05) is 35.3 Å². The summed E-state index contributed by atoms with van der Waals surface area (Å²) in [6.07, 6.45) is 0. The molecule has 0 aliphatic rings. The van der Waals surface area contributed by atoms with Crippen LogP contribution in [0, 0.1) is 0 Å². The smallest absolute Gasteiger partial charge is 0.321 e. The molecule has 4 nitrogen and oxygen atoms in total. The first-order valence-corrected chi connectivity index (χ1v) is 7.73. The molecule has 0 unspecified atom stereocenters. The Balaban J connectivity index is 2.37. The third kappa shape index (κ3) is 3.72. The second-order valence-electron chi connectivity index (χ2n) is 4.01. The predicted octanol–water partition coefficient (Wildman–Crippen LogP) is 3.90. The molecule has 21 heavy (non-hydrogen) atoms. The number of nitrogens with one attached hydrogen (secondary N) is 1. The van der Waals surface area contributed by atoms with Gasteiger partial charge >= 0.3 is 10.2 Å². The van der Waals surface area contributed by atoms with Gasteiger partial charge in [-0.25, -0.2) is 0 Å². The summed E-state index contributed by atoms with van der Waals surface area (Å²) in [6, 6.07) is 9.34. The van der Waals surface area contributed by atoms with Crippen LogP contribution in [0.25, 0.3) is 0 Å². The van der Waals surface area contributed by atoms with Crippen molar-refractivity contribution in [3.8, 4) is 0 Å². The lowest BCUT2D eigenvalue weighted by Gasteiger charge is -2.09. The fourth-order valence-electron chi connectivity index (χ4n) is 1.65. The maximum atomic E-state index is 13.1. The number of rotatable bonds is 3. The highest BCUT2D eigenvalue weighted by Gasteiger charge is 2.19. The van der Waals surface area contributed by atoms with Crippen molar-refractivity contribution in [2.75, 3.05) is 5.32 Å². The van der Waals surface area contributed by atoms with Gasteiger partial charge in [-0.15, -0.1) is 3.89 Å². The highest BCUT2D eigenvalue weighted by molar-refractivity contribution is 7.86. The number of carbonyl (C=O) groups excluding carboxylic acids is 1. The van der Waals surface area contributed by atoms with Crippen LogP contribution in [0.5, 0.6) is 0 Å². The Kier molecular flexibility index (Phi) is 4.51. The van der Waals surface area contributed by atoms with Crippen molar-refractivity contribution in [1.82, 2.24) is 0 Å². The standard InChI is InChI=1S/C13H8Cl2FNO3S/c14-8-5-6-9(10(15)7-8)13(18)17-11-3-1-2-4-12(11)21(16,19)20/h1-7H,(H,17,18). The highest BCUT2D eigenvalue weighted by atomic mass is 35.5. The van der Waals surface area contributed by atoms with Crippen molar-refractivity contribution in [2.24, 2.45) is 0 Å². The van der Waals surface area contributed by atoms with Crippen LogP contribution < -0.4 is 5.32 Å². The van der Waals surface area contributed by atoms with E-state index in [2.05, 4.69) is 5.32 Å². The first-order chi connectivity index (χ1) is 9.79. The van der Waals surface area contributed by atoms with Crippen LogP contribution in [0.2, 0.25) is 10.0 Å². The molecule has 0 heterocycles. The second kappa shape index (κ2) is 6.01. The van der Waals surface area contributed by atoms with Gasteiger partial charge < -0.3 is 5.32 Å². The monoisotopic (exact) mass is 347 g/mol. The van der Waals surface area contributed by atoms with Crippen molar-refractivity contribution in [1.29, 1.82) is 0 Å². The van der Waals surface area contributed by atoms with Crippen molar-refractivity contribution < 1.29 is 17.1 Å². The molecule has 0 bridgehead atoms. The van der Waals surface area contributed by atoms with E-state index in [0.717, 1.165) is 6.07 Å². The van der Waals surface area contributed by atoms with E-state index < -0.39 is 21.0 Å². The van der Waals surface area contributed by atoms with Gasteiger partial charge in [0.15, 0.2) is 0 Å². The maximum Gasteiger partial charge on any atom is 0.334 e. The zero-order valence-electron chi connectivity index (χ0n) is 10.3. The molecular weight excluding hydrogens is 340 g/mol. The molecule has 0 aliphatic carbocycles. The Hall–Kier alpha value is -1.63. The predicted molar refractivity (Wildman–Crippen MR) is 79.2 cm³/mol. The Bertz CT molecular complexity index is 809. The van der Waals surface area contributed by atoms with Crippen LogP contribution in [-0.4, -0.2) is 14.3 Å². The van der Waals surface area contributed by atoms with Crippen molar-refractivity contribution in [3.63, 3.8) is 0 Å². The molecule has 1 N–H and O–H groups in total. The first-order valence-electron chi connectivity index (χ1n) is 5.59. The molecule has 0 aliphatic heterocycles. The largest absolute Gasteiger partial charge is 0.334 e. The lowest BCUT2D eigenvalue weighted by atomic mass is 10.2. The topological polar surface area (TPSA) is 63.2 Å². The van der Waals surface area contributed by atoms with Crippen molar-refractivity contribution in [3.05, 3.63) is 58.1 Å². The summed E-state index contributed by atoms with van der Waals surface area (Å²) >= 11 is 11.6. The molecule has 0 saturated heterocycles. The minimum atomic E-state index is -4.95. The summed E-state index contributed by atoms with van der Waals surface area (Å²) in [5.41, 5.74) is -0.0804. The molecule has 0 radical (unpaired) electrons. The molecular formula is C13H8Cl2FNO3S. The average molecular weight is 348 g/mol. The molecule has 0 fully saturated rings. The van der Waals surface area contributed by atoms with Crippen molar-refractivity contribution in [2.45, 2.75) is 4.90 Å². The fraction of sp³-hybridized carbons (Fsp3) is 0. The SMILES string of the molecule is O=C(Nc1ccccc1S(=O)(=O)F)c1ccc(Cl)cc1Cl.